The first-order valence-corrected chi connectivity index (χ1v) is 6.67. The second-order valence-corrected chi connectivity index (χ2v) is 4.82. The average molecular weight is 306 g/mol. The minimum absolute atomic E-state index is 0.706. The first kappa shape index (κ1) is 11.5. The van der Waals surface area contributed by atoms with Crippen molar-refractivity contribution < 1.29 is 4.42 Å². The molecule has 0 atom stereocenters. The molecular formula is C13H12BrN3O. The Morgan fingerprint density at radius 1 is 1.33 bits per heavy atom. The summed E-state index contributed by atoms with van der Waals surface area (Å²) < 4.78 is 8.30. The molecule has 0 saturated heterocycles. The van der Waals surface area contributed by atoms with Gasteiger partial charge in [-0.1, -0.05) is 6.92 Å². The number of aryl methyl sites for hydroxylation is 1. The Labute approximate surface area is 113 Å². The summed E-state index contributed by atoms with van der Waals surface area (Å²) in [5.74, 6) is 1.72. The molecule has 0 N–H and O–H groups in total. The molecule has 0 aromatic carbocycles. The number of fused-ring (bicyclic) bond motifs is 1. The van der Waals surface area contributed by atoms with Gasteiger partial charge in [-0.15, -0.1) is 0 Å². The molecular weight excluding hydrogens is 294 g/mol. The lowest BCUT2D eigenvalue weighted by Crippen LogP contribution is -2.00. The molecule has 5 heteroatoms. The summed E-state index contributed by atoms with van der Waals surface area (Å²) in [7, 11) is 0. The summed E-state index contributed by atoms with van der Waals surface area (Å²) in [5, 5.41) is 0. The van der Waals surface area contributed by atoms with Gasteiger partial charge in [-0.05, 0) is 40.5 Å². The van der Waals surface area contributed by atoms with Gasteiger partial charge in [-0.25, -0.2) is 14.5 Å². The molecule has 0 fully saturated rings. The van der Waals surface area contributed by atoms with E-state index in [1.807, 2.05) is 28.8 Å². The Morgan fingerprint density at radius 2 is 2.22 bits per heavy atom. The predicted molar refractivity (Wildman–Crippen MR) is 72.8 cm³/mol. The van der Waals surface area contributed by atoms with E-state index in [1.165, 1.54) is 0 Å². The van der Waals surface area contributed by atoms with Gasteiger partial charge < -0.3 is 4.42 Å². The van der Waals surface area contributed by atoms with Crippen molar-refractivity contribution in [2.75, 3.05) is 0 Å². The van der Waals surface area contributed by atoms with E-state index < -0.39 is 0 Å². The van der Waals surface area contributed by atoms with E-state index in [0.29, 0.717) is 4.67 Å². The number of halogens is 1. The Morgan fingerprint density at radius 3 is 2.94 bits per heavy atom. The van der Waals surface area contributed by atoms with Crippen molar-refractivity contribution in [1.82, 2.24) is 14.5 Å². The van der Waals surface area contributed by atoms with Crippen molar-refractivity contribution >= 4 is 27.1 Å². The van der Waals surface area contributed by atoms with Gasteiger partial charge in [0.05, 0.1) is 0 Å². The summed E-state index contributed by atoms with van der Waals surface area (Å²) in [6, 6.07) is 7.66. The third-order valence-corrected chi connectivity index (χ3v) is 3.16. The first-order valence-electron chi connectivity index (χ1n) is 5.87. The van der Waals surface area contributed by atoms with E-state index in [1.54, 1.807) is 6.20 Å². The largest absolute Gasteiger partial charge is 0.433 e. The molecule has 0 radical (unpaired) electrons. The molecule has 3 aromatic rings. The van der Waals surface area contributed by atoms with E-state index in [-0.39, 0.29) is 0 Å². The highest BCUT2D eigenvalue weighted by molar-refractivity contribution is 9.10. The van der Waals surface area contributed by atoms with Crippen LogP contribution in [-0.4, -0.2) is 14.5 Å². The third kappa shape index (κ3) is 1.84. The molecule has 0 aliphatic heterocycles. The van der Waals surface area contributed by atoms with E-state index in [4.69, 9.17) is 4.42 Å². The van der Waals surface area contributed by atoms with Gasteiger partial charge in [-0.2, -0.15) is 0 Å². The summed E-state index contributed by atoms with van der Waals surface area (Å²) in [5.41, 5.74) is 1.73. The van der Waals surface area contributed by atoms with Gasteiger partial charge in [0.25, 0.3) is 0 Å². The van der Waals surface area contributed by atoms with Crippen molar-refractivity contribution in [2.45, 2.75) is 19.8 Å². The monoisotopic (exact) mass is 305 g/mol. The fraction of sp³-hybridized carbons (Fsp3) is 0.231. The van der Waals surface area contributed by atoms with E-state index >= 15 is 0 Å². The number of furan rings is 1. The van der Waals surface area contributed by atoms with Crippen LogP contribution in [0.1, 0.15) is 19.2 Å². The second-order valence-electron chi connectivity index (χ2n) is 4.04. The Balaban J connectivity index is 2.27. The summed E-state index contributed by atoms with van der Waals surface area (Å²) in [6.45, 7) is 2.13. The zero-order chi connectivity index (χ0) is 12.5. The standard InChI is InChI=1S/C13H12BrN3O/c1-2-4-11-16-9-5-3-8-15-13(9)17(11)12-7-6-10(14)18-12/h3,5-8H,2,4H2,1H3. The molecule has 0 bridgehead atoms. The van der Waals surface area contributed by atoms with Crippen LogP contribution >= 0.6 is 15.9 Å². The summed E-state index contributed by atoms with van der Waals surface area (Å²) in [6.07, 6.45) is 3.70. The highest BCUT2D eigenvalue weighted by Crippen LogP contribution is 2.24. The lowest BCUT2D eigenvalue weighted by molar-refractivity contribution is 0.512. The van der Waals surface area contributed by atoms with Gasteiger partial charge in [0, 0.05) is 18.7 Å². The molecule has 3 heterocycles. The van der Waals surface area contributed by atoms with Crippen molar-refractivity contribution in [3.63, 3.8) is 0 Å². The molecule has 0 saturated carbocycles. The number of nitrogens with zero attached hydrogens (tertiary/aromatic N) is 3. The van der Waals surface area contributed by atoms with Crippen LogP contribution in [0.4, 0.5) is 0 Å². The Hall–Kier alpha value is -1.62. The molecule has 0 unspecified atom stereocenters. The number of pyridine rings is 1. The van der Waals surface area contributed by atoms with Crippen molar-refractivity contribution in [3.8, 4) is 5.88 Å². The van der Waals surface area contributed by atoms with Gasteiger partial charge in [0.2, 0.25) is 5.88 Å². The average Bonchev–Trinajstić information content (AvgIpc) is 2.92. The highest BCUT2D eigenvalue weighted by atomic mass is 79.9. The number of aromatic nitrogens is 3. The SMILES string of the molecule is CCCc1nc2cccnc2n1-c1ccc(Br)o1. The summed E-state index contributed by atoms with van der Waals surface area (Å²) in [4.78, 5) is 9.01. The molecule has 0 amide bonds. The molecule has 0 aliphatic carbocycles. The third-order valence-electron chi connectivity index (χ3n) is 2.74. The maximum atomic E-state index is 5.62. The molecule has 4 nitrogen and oxygen atoms in total. The maximum absolute atomic E-state index is 5.62. The van der Waals surface area contributed by atoms with Crippen molar-refractivity contribution in [1.29, 1.82) is 0 Å². The van der Waals surface area contributed by atoms with Crippen LogP contribution in [0.15, 0.2) is 39.5 Å². The first-order chi connectivity index (χ1) is 8.79. The van der Waals surface area contributed by atoms with Crippen LogP contribution in [-0.2, 0) is 6.42 Å². The minimum Gasteiger partial charge on any atom is -0.433 e. The number of imidazole rings is 1. The van der Waals surface area contributed by atoms with E-state index in [2.05, 4.69) is 32.8 Å². The van der Waals surface area contributed by atoms with E-state index in [0.717, 1.165) is 35.7 Å². The predicted octanol–water partition coefficient (Wildman–Crippen LogP) is 3.73. The van der Waals surface area contributed by atoms with Crippen LogP contribution in [0, 0.1) is 0 Å². The maximum Gasteiger partial charge on any atom is 0.208 e. The van der Waals surface area contributed by atoms with Gasteiger partial charge in [-0.3, -0.25) is 0 Å². The smallest absolute Gasteiger partial charge is 0.208 e. The van der Waals surface area contributed by atoms with E-state index in [9.17, 15) is 0 Å². The Bertz CT molecular complexity index is 686. The fourth-order valence-corrected chi connectivity index (χ4v) is 2.31. The molecule has 3 aromatic heterocycles. The quantitative estimate of drug-likeness (QED) is 0.740. The molecule has 18 heavy (non-hydrogen) atoms. The normalized spacial score (nSPS) is 11.2. The number of hydrogen-bond acceptors (Lipinski definition) is 3. The lowest BCUT2D eigenvalue weighted by atomic mass is 10.3. The van der Waals surface area contributed by atoms with Gasteiger partial charge >= 0.3 is 0 Å². The van der Waals surface area contributed by atoms with Crippen LogP contribution in [0.2, 0.25) is 0 Å². The topological polar surface area (TPSA) is 43.9 Å². The van der Waals surface area contributed by atoms with Crippen LogP contribution in [0.25, 0.3) is 17.0 Å². The molecule has 92 valence electrons. The van der Waals surface area contributed by atoms with Crippen LogP contribution in [0.5, 0.6) is 0 Å². The second kappa shape index (κ2) is 4.57. The molecule has 0 spiro atoms. The number of rotatable bonds is 3. The fourth-order valence-electron chi connectivity index (χ4n) is 2.01. The Kier molecular flexibility index (Phi) is 2.91. The molecule has 0 aliphatic rings. The highest BCUT2D eigenvalue weighted by Gasteiger charge is 2.14. The van der Waals surface area contributed by atoms with Gasteiger partial charge in [0.1, 0.15) is 11.3 Å². The zero-order valence-electron chi connectivity index (χ0n) is 9.93. The van der Waals surface area contributed by atoms with Crippen molar-refractivity contribution in [2.24, 2.45) is 0 Å². The number of hydrogen-bond donors (Lipinski definition) is 0. The van der Waals surface area contributed by atoms with Crippen LogP contribution in [0.3, 0.4) is 0 Å². The summed E-state index contributed by atoms with van der Waals surface area (Å²) >= 11 is 3.32. The van der Waals surface area contributed by atoms with Crippen molar-refractivity contribution in [3.05, 3.63) is 41.0 Å². The zero-order valence-corrected chi connectivity index (χ0v) is 11.5. The van der Waals surface area contributed by atoms with Crippen LogP contribution < -0.4 is 0 Å². The molecule has 3 rings (SSSR count). The lowest BCUT2D eigenvalue weighted by Gasteiger charge is -2.03. The minimum atomic E-state index is 0.706. The van der Waals surface area contributed by atoms with Gasteiger partial charge in [0.15, 0.2) is 10.3 Å².